The van der Waals surface area contributed by atoms with Gasteiger partial charge in [0.05, 0.1) is 6.33 Å². The van der Waals surface area contributed by atoms with E-state index in [1.54, 1.807) is 31.2 Å². The van der Waals surface area contributed by atoms with Crippen LogP contribution in [0.25, 0.3) is 0 Å². The zero-order chi connectivity index (χ0) is 13.8. The SMILES string of the molecule is CCC(=O)c1nc[nH]c1C(=O)Nc1ccc(N)cc1. The Morgan fingerprint density at radius 2 is 2.00 bits per heavy atom. The summed E-state index contributed by atoms with van der Waals surface area (Å²) in [6.45, 7) is 1.72. The number of ketones is 1. The minimum Gasteiger partial charge on any atom is -0.399 e. The monoisotopic (exact) mass is 258 g/mol. The van der Waals surface area contributed by atoms with E-state index < -0.39 is 5.91 Å². The van der Waals surface area contributed by atoms with E-state index in [0.29, 0.717) is 17.8 Å². The van der Waals surface area contributed by atoms with Crippen molar-refractivity contribution in [3.8, 4) is 0 Å². The van der Waals surface area contributed by atoms with Crippen molar-refractivity contribution in [3.05, 3.63) is 42.0 Å². The Balaban J connectivity index is 2.18. The quantitative estimate of drug-likeness (QED) is 0.575. The first-order valence-electron chi connectivity index (χ1n) is 5.85. The topological polar surface area (TPSA) is 101 Å². The molecule has 2 rings (SSSR count). The van der Waals surface area contributed by atoms with Crippen LogP contribution in [0.3, 0.4) is 0 Å². The zero-order valence-corrected chi connectivity index (χ0v) is 10.4. The van der Waals surface area contributed by atoms with Gasteiger partial charge in [0, 0.05) is 17.8 Å². The smallest absolute Gasteiger partial charge is 0.274 e. The number of aromatic amines is 1. The van der Waals surface area contributed by atoms with E-state index >= 15 is 0 Å². The van der Waals surface area contributed by atoms with Crippen LogP contribution in [0.2, 0.25) is 0 Å². The van der Waals surface area contributed by atoms with Crippen LogP contribution in [0.4, 0.5) is 11.4 Å². The number of benzene rings is 1. The number of carbonyl (C=O) groups is 2. The molecule has 6 heteroatoms. The molecular weight excluding hydrogens is 244 g/mol. The van der Waals surface area contributed by atoms with Gasteiger partial charge in [-0.15, -0.1) is 0 Å². The fourth-order valence-electron chi connectivity index (χ4n) is 1.61. The summed E-state index contributed by atoms with van der Waals surface area (Å²) < 4.78 is 0. The number of hydrogen-bond donors (Lipinski definition) is 3. The van der Waals surface area contributed by atoms with Crippen molar-refractivity contribution < 1.29 is 9.59 Å². The Bertz CT molecular complexity index is 601. The maximum Gasteiger partial charge on any atom is 0.274 e. The number of nitrogens with two attached hydrogens (primary N) is 1. The van der Waals surface area contributed by atoms with Crippen LogP contribution in [0.15, 0.2) is 30.6 Å². The fraction of sp³-hybridized carbons (Fsp3) is 0.154. The number of aromatic nitrogens is 2. The van der Waals surface area contributed by atoms with Crippen molar-refractivity contribution in [2.45, 2.75) is 13.3 Å². The van der Waals surface area contributed by atoms with Crippen molar-refractivity contribution in [1.29, 1.82) is 0 Å². The largest absolute Gasteiger partial charge is 0.399 e. The molecule has 6 nitrogen and oxygen atoms in total. The molecule has 0 saturated carbocycles. The molecule has 0 aliphatic rings. The van der Waals surface area contributed by atoms with Crippen LogP contribution in [0.1, 0.15) is 34.3 Å². The summed E-state index contributed by atoms with van der Waals surface area (Å²) in [6.07, 6.45) is 1.63. The molecule has 1 aromatic carbocycles. The Kier molecular flexibility index (Phi) is 3.61. The molecule has 1 amide bonds. The average Bonchev–Trinajstić information content (AvgIpc) is 2.90. The molecule has 2 aromatic rings. The van der Waals surface area contributed by atoms with E-state index in [1.165, 1.54) is 6.33 Å². The van der Waals surface area contributed by atoms with Gasteiger partial charge in [0.2, 0.25) is 0 Å². The van der Waals surface area contributed by atoms with Gasteiger partial charge < -0.3 is 16.0 Å². The minimum atomic E-state index is -0.404. The first kappa shape index (κ1) is 12.8. The third-order valence-corrected chi connectivity index (χ3v) is 2.62. The van der Waals surface area contributed by atoms with E-state index in [2.05, 4.69) is 15.3 Å². The van der Waals surface area contributed by atoms with Gasteiger partial charge in [-0.25, -0.2) is 4.98 Å². The summed E-state index contributed by atoms with van der Waals surface area (Å²) in [7, 11) is 0. The Hall–Kier alpha value is -2.63. The standard InChI is InChI=1S/C13H14N4O2/c1-2-10(18)11-12(16-7-15-11)13(19)17-9-5-3-8(14)4-6-9/h3-7H,2,14H2,1H3,(H,15,16)(H,17,19). The fourth-order valence-corrected chi connectivity index (χ4v) is 1.61. The van der Waals surface area contributed by atoms with Crippen LogP contribution >= 0.6 is 0 Å². The molecule has 0 unspecified atom stereocenters. The first-order chi connectivity index (χ1) is 9.11. The van der Waals surface area contributed by atoms with E-state index in [1.807, 2.05) is 0 Å². The Labute approximate surface area is 110 Å². The van der Waals surface area contributed by atoms with E-state index in [0.717, 1.165) is 0 Å². The summed E-state index contributed by atoms with van der Waals surface area (Å²) in [5.74, 6) is -0.581. The van der Waals surface area contributed by atoms with Crippen molar-refractivity contribution in [2.24, 2.45) is 0 Å². The predicted molar refractivity (Wildman–Crippen MR) is 72.0 cm³/mol. The van der Waals surface area contributed by atoms with Crippen LogP contribution in [0.5, 0.6) is 0 Å². The predicted octanol–water partition coefficient (Wildman–Crippen LogP) is 1.84. The van der Waals surface area contributed by atoms with E-state index in [-0.39, 0.29) is 17.2 Å². The van der Waals surface area contributed by atoms with Crippen molar-refractivity contribution in [3.63, 3.8) is 0 Å². The summed E-state index contributed by atoms with van der Waals surface area (Å²) in [6, 6.07) is 6.73. The Morgan fingerprint density at radius 3 is 2.63 bits per heavy atom. The third kappa shape index (κ3) is 2.79. The first-order valence-corrected chi connectivity index (χ1v) is 5.85. The van der Waals surface area contributed by atoms with Crippen LogP contribution in [-0.2, 0) is 0 Å². The zero-order valence-electron chi connectivity index (χ0n) is 10.4. The van der Waals surface area contributed by atoms with Crippen LogP contribution in [0, 0.1) is 0 Å². The van der Waals surface area contributed by atoms with Gasteiger partial charge in [0.15, 0.2) is 5.78 Å². The maximum atomic E-state index is 12.0. The molecule has 4 N–H and O–H groups in total. The van der Waals surface area contributed by atoms with Crippen molar-refractivity contribution in [1.82, 2.24) is 9.97 Å². The number of nitrogen functional groups attached to an aromatic ring is 1. The maximum absolute atomic E-state index is 12.0. The van der Waals surface area contributed by atoms with Gasteiger partial charge >= 0.3 is 0 Å². The van der Waals surface area contributed by atoms with Gasteiger partial charge in [-0.3, -0.25) is 9.59 Å². The van der Waals surface area contributed by atoms with Crippen LogP contribution < -0.4 is 11.1 Å². The molecule has 1 heterocycles. The average molecular weight is 258 g/mol. The summed E-state index contributed by atoms with van der Waals surface area (Å²) in [4.78, 5) is 30.2. The second kappa shape index (κ2) is 5.34. The highest BCUT2D eigenvalue weighted by Crippen LogP contribution is 2.13. The highest BCUT2D eigenvalue weighted by Gasteiger charge is 2.18. The second-order valence-electron chi connectivity index (χ2n) is 3.98. The number of nitrogens with zero attached hydrogens (tertiary/aromatic N) is 1. The van der Waals surface area contributed by atoms with Crippen molar-refractivity contribution >= 4 is 23.1 Å². The highest BCUT2D eigenvalue weighted by atomic mass is 16.2. The molecule has 0 bridgehead atoms. The molecule has 0 saturated heterocycles. The minimum absolute atomic E-state index is 0.162. The lowest BCUT2D eigenvalue weighted by molar-refractivity contribution is 0.0963. The Morgan fingerprint density at radius 1 is 1.32 bits per heavy atom. The summed E-state index contributed by atoms with van der Waals surface area (Å²) in [5, 5.41) is 2.67. The van der Waals surface area contributed by atoms with Gasteiger partial charge in [0.1, 0.15) is 11.4 Å². The van der Waals surface area contributed by atoms with Gasteiger partial charge in [-0.2, -0.15) is 0 Å². The number of Topliss-reactive ketones (excluding diaryl/α,β-unsaturated/α-hetero) is 1. The molecule has 98 valence electrons. The van der Waals surface area contributed by atoms with Gasteiger partial charge in [-0.1, -0.05) is 6.92 Å². The second-order valence-corrected chi connectivity index (χ2v) is 3.98. The molecule has 0 spiro atoms. The summed E-state index contributed by atoms with van der Waals surface area (Å²) >= 11 is 0. The van der Waals surface area contributed by atoms with E-state index in [9.17, 15) is 9.59 Å². The highest BCUT2D eigenvalue weighted by molar-refractivity contribution is 6.10. The number of anilines is 2. The number of hydrogen-bond acceptors (Lipinski definition) is 4. The van der Waals surface area contributed by atoms with Gasteiger partial charge in [-0.05, 0) is 24.3 Å². The lowest BCUT2D eigenvalue weighted by atomic mass is 10.2. The molecule has 1 aromatic heterocycles. The number of nitrogens with one attached hydrogen (secondary N) is 2. The normalized spacial score (nSPS) is 10.2. The molecule has 0 fully saturated rings. The molecule has 0 aliphatic carbocycles. The molecule has 0 aliphatic heterocycles. The molecule has 0 atom stereocenters. The lowest BCUT2D eigenvalue weighted by Crippen LogP contribution is -2.16. The molecule has 19 heavy (non-hydrogen) atoms. The van der Waals surface area contributed by atoms with E-state index in [4.69, 9.17) is 5.73 Å². The number of carbonyl (C=O) groups excluding carboxylic acids is 2. The van der Waals surface area contributed by atoms with Gasteiger partial charge in [0.25, 0.3) is 5.91 Å². The summed E-state index contributed by atoms with van der Waals surface area (Å²) in [5.41, 5.74) is 7.11. The number of H-pyrrole nitrogens is 1. The third-order valence-electron chi connectivity index (χ3n) is 2.62. The molecular formula is C13H14N4O2. The van der Waals surface area contributed by atoms with Crippen molar-refractivity contribution in [2.75, 3.05) is 11.1 Å². The molecule has 0 radical (unpaired) electrons. The number of imidazole rings is 1. The number of rotatable bonds is 4. The lowest BCUT2D eigenvalue weighted by Gasteiger charge is -2.05. The number of amides is 1. The van der Waals surface area contributed by atoms with Crippen LogP contribution in [-0.4, -0.2) is 21.7 Å².